The number of piperidine rings is 1. The summed E-state index contributed by atoms with van der Waals surface area (Å²) in [6.45, 7) is 3.59. The molecule has 8 heteroatoms. The standard InChI is InChI=1S/C23H25FN4O3/c24-17-3-8-21-20(13-17)23(9-11-26(12-10-23)14-16-1-2-16)15-27(21)22(29)25-18-4-6-19(7-5-18)28(30)31/h3-8,13,16H,1-2,9-12,14-15H2,(H,25,29). The van der Waals surface area contributed by atoms with Gasteiger partial charge in [-0.05, 0) is 80.6 Å². The van der Waals surface area contributed by atoms with Crippen LogP contribution in [0.15, 0.2) is 42.5 Å². The second-order valence-electron chi connectivity index (χ2n) is 9.01. The molecule has 1 aliphatic carbocycles. The van der Waals surface area contributed by atoms with E-state index >= 15 is 0 Å². The minimum absolute atomic E-state index is 0.0306. The smallest absolute Gasteiger partial charge is 0.308 e. The molecule has 2 amide bonds. The summed E-state index contributed by atoms with van der Waals surface area (Å²) in [4.78, 5) is 27.7. The van der Waals surface area contributed by atoms with Gasteiger partial charge in [0.25, 0.3) is 5.69 Å². The summed E-state index contributed by atoms with van der Waals surface area (Å²) in [5.41, 5.74) is 1.88. The third-order valence-electron chi connectivity index (χ3n) is 6.88. The first kappa shape index (κ1) is 19.9. The van der Waals surface area contributed by atoms with Crippen LogP contribution in [-0.4, -0.2) is 42.0 Å². The number of fused-ring (bicyclic) bond motifs is 2. The molecule has 1 spiro atoms. The number of nitrogens with zero attached hydrogens (tertiary/aromatic N) is 3. The maximum absolute atomic E-state index is 14.2. The molecule has 1 N–H and O–H groups in total. The highest BCUT2D eigenvalue weighted by atomic mass is 19.1. The fourth-order valence-corrected chi connectivity index (χ4v) is 4.94. The van der Waals surface area contributed by atoms with E-state index in [2.05, 4.69) is 10.2 Å². The van der Waals surface area contributed by atoms with Gasteiger partial charge in [-0.1, -0.05) is 0 Å². The number of halogens is 1. The predicted molar refractivity (Wildman–Crippen MR) is 116 cm³/mol. The molecule has 0 unspecified atom stereocenters. The second-order valence-corrected chi connectivity index (χ2v) is 9.01. The molecule has 2 aromatic carbocycles. The first-order valence-electron chi connectivity index (χ1n) is 10.8. The molecule has 3 aliphatic rings. The number of likely N-dealkylation sites (tertiary alicyclic amines) is 1. The van der Waals surface area contributed by atoms with Crippen molar-refractivity contribution in [3.05, 3.63) is 64.0 Å². The van der Waals surface area contributed by atoms with Crippen LogP contribution in [0.2, 0.25) is 0 Å². The molecule has 31 heavy (non-hydrogen) atoms. The van der Waals surface area contributed by atoms with Crippen LogP contribution in [0.3, 0.4) is 0 Å². The molecule has 0 aromatic heterocycles. The van der Waals surface area contributed by atoms with Gasteiger partial charge in [0.1, 0.15) is 5.82 Å². The Morgan fingerprint density at radius 1 is 1.16 bits per heavy atom. The third kappa shape index (κ3) is 3.87. The lowest BCUT2D eigenvalue weighted by molar-refractivity contribution is -0.384. The number of carbonyl (C=O) groups is 1. The highest BCUT2D eigenvalue weighted by Gasteiger charge is 2.47. The van der Waals surface area contributed by atoms with Gasteiger partial charge in [-0.2, -0.15) is 0 Å². The number of nitro groups is 1. The Kier molecular flexibility index (Phi) is 4.89. The van der Waals surface area contributed by atoms with Crippen LogP contribution >= 0.6 is 0 Å². The fourth-order valence-electron chi connectivity index (χ4n) is 4.94. The van der Waals surface area contributed by atoms with Crippen molar-refractivity contribution in [3.8, 4) is 0 Å². The van der Waals surface area contributed by atoms with Crippen molar-refractivity contribution < 1.29 is 14.1 Å². The van der Waals surface area contributed by atoms with Crippen LogP contribution in [0.5, 0.6) is 0 Å². The zero-order valence-electron chi connectivity index (χ0n) is 17.2. The number of amides is 2. The van der Waals surface area contributed by atoms with Crippen molar-refractivity contribution in [1.29, 1.82) is 0 Å². The Labute approximate surface area is 180 Å². The van der Waals surface area contributed by atoms with Crippen molar-refractivity contribution in [2.45, 2.75) is 31.1 Å². The lowest BCUT2D eigenvalue weighted by Gasteiger charge is -2.40. The molecule has 1 saturated heterocycles. The first-order valence-corrected chi connectivity index (χ1v) is 10.8. The van der Waals surface area contributed by atoms with Crippen molar-refractivity contribution in [2.75, 3.05) is 36.4 Å². The molecule has 2 aromatic rings. The van der Waals surface area contributed by atoms with Gasteiger partial charge < -0.3 is 10.2 Å². The van der Waals surface area contributed by atoms with Gasteiger partial charge in [0, 0.05) is 42.0 Å². The number of rotatable bonds is 4. The number of nitrogens with one attached hydrogen (secondary N) is 1. The van der Waals surface area contributed by atoms with E-state index < -0.39 is 4.92 Å². The molecule has 2 aliphatic heterocycles. The minimum Gasteiger partial charge on any atom is -0.308 e. The summed E-state index contributed by atoms with van der Waals surface area (Å²) in [5.74, 6) is 0.558. The predicted octanol–water partition coefficient (Wildman–Crippen LogP) is 4.53. The SMILES string of the molecule is O=C(Nc1ccc([N+](=O)[O-])cc1)N1CC2(CCN(CC3CC3)CC2)c2cc(F)ccc21. The topological polar surface area (TPSA) is 78.7 Å². The number of carbonyl (C=O) groups excluding carboxylic acids is 1. The van der Waals surface area contributed by atoms with E-state index in [1.54, 1.807) is 17.0 Å². The van der Waals surface area contributed by atoms with Gasteiger partial charge in [0.2, 0.25) is 0 Å². The van der Waals surface area contributed by atoms with Crippen molar-refractivity contribution in [1.82, 2.24) is 4.90 Å². The van der Waals surface area contributed by atoms with E-state index in [-0.39, 0.29) is 23.0 Å². The van der Waals surface area contributed by atoms with E-state index in [1.807, 2.05) is 0 Å². The zero-order chi connectivity index (χ0) is 21.6. The summed E-state index contributed by atoms with van der Waals surface area (Å²) >= 11 is 0. The molecule has 162 valence electrons. The fraction of sp³-hybridized carbons (Fsp3) is 0.435. The number of non-ortho nitro benzene ring substituents is 1. The van der Waals surface area contributed by atoms with Gasteiger partial charge in [0.15, 0.2) is 0 Å². The third-order valence-corrected chi connectivity index (χ3v) is 6.88. The number of urea groups is 1. The molecular formula is C23H25FN4O3. The van der Waals surface area contributed by atoms with Crippen molar-refractivity contribution in [3.63, 3.8) is 0 Å². The number of hydrogen-bond acceptors (Lipinski definition) is 4. The largest absolute Gasteiger partial charge is 0.326 e. The average Bonchev–Trinajstić information content (AvgIpc) is 3.52. The molecule has 5 rings (SSSR count). The summed E-state index contributed by atoms with van der Waals surface area (Å²) in [6.07, 6.45) is 4.45. The average molecular weight is 424 g/mol. The highest BCUT2D eigenvalue weighted by Crippen LogP contribution is 2.48. The van der Waals surface area contributed by atoms with Crippen LogP contribution < -0.4 is 10.2 Å². The summed E-state index contributed by atoms with van der Waals surface area (Å²) < 4.78 is 14.2. The van der Waals surface area contributed by atoms with E-state index in [9.17, 15) is 19.3 Å². The Hall–Kier alpha value is -3.00. The second kappa shape index (κ2) is 7.60. The maximum atomic E-state index is 14.2. The monoisotopic (exact) mass is 424 g/mol. The lowest BCUT2D eigenvalue weighted by atomic mass is 9.74. The van der Waals surface area contributed by atoms with Gasteiger partial charge >= 0.3 is 6.03 Å². The van der Waals surface area contributed by atoms with Gasteiger partial charge in [-0.25, -0.2) is 9.18 Å². The van der Waals surface area contributed by atoms with Gasteiger partial charge in [0.05, 0.1) is 4.92 Å². The maximum Gasteiger partial charge on any atom is 0.326 e. The first-order chi connectivity index (χ1) is 14.9. The van der Waals surface area contributed by atoms with E-state index in [0.717, 1.165) is 49.6 Å². The normalized spacial score (nSPS) is 20.0. The quantitative estimate of drug-likeness (QED) is 0.578. The molecule has 2 fully saturated rings. The van der Waals surface area contributed by atoms with Crippen LogP contribution in [0.4, 0.5) is 26.2 Å². The summed E-state index contributed by atoms with van der Waals surface area (Å²) in [7, 11) is 0. The molecule has 7 nitrogen and oxygen atoms in total. The Morgan fingerprint density at radius 3 is 2.52 bits per heavy atom. The van der Waals surface area contributed by atoms with Gasteiger partial charge in [-0.3, -0.25) is 15.0 Å². The van der Waals surface area contributed by atoms with Crippen LogP contribution in [-0.2, 0) is 5.41 Å². The van der Waals surface area contributed by atoms with E-state index in [0.29, 0.717) is 12.2 Å². The Bertz CT molecular complexity index is 1010. The zero-order valence-corrected chi connectivity index (χ0v) is 17.2. The molecule has 0 radical (unpaired) electrons. The number of benzene rings is 2. The number of hydrogen-bond donors (Lipinski definition) is 1. The van der Waals surface area contributed by atoms with E-state index in [1.165, 1.54) is 43.2 Å². The Morgan fingerprint density at radius 2 is 1.87 bits per heavy atom. The van der Waals surface area contributed by atoms with E-state index in [4.69, 9.17) is 0 Å². The van der Waals surface area contributed by atoms with Crippen molar-refractivity contribution >= 4 is 23.1 Å². The number of nitro benzene ring substituents is 1. The van der Waals surface area contributed by atoms with Crippen molar-refractivity contribution in [2.24, 2.45) is 5.92 Å². The summed E-state index contributed by atoms with van der Waals surface area (Å²) in [5, 5.41) is 13.7. The van der Waals surface area contributed by atoms with Gasteiger partial charge in [-0.15, -0.1) is 0 Å². The highest BCUT2D eigenvalue weighted by molar-refractivity contribution is 6.03. The molecular weight excluding hydrogens is 399 g/mol. The minimum atomic E-state index is -0.476. The van der Waals surface area contributed by atoms with Crippen LogP contribution in [0.1, 0.15) is 31.2 Å². The van der Waals surface area contributed by atoms with Crippen LogP contribution in [0, 0.1) is 21.8 Å². The molecule has 2 heterocycles. The summed E-state index contributed by atoms with van der Waals surface area (Å²) in [6, 6.07) is 10.1. The molecule has 1 saturated carbocycles. The lowest BCUT2D eigenvalue weighted by Crippen LogP contribution is -2.47. The van der Waals surface area contributed by atoms with Crippen LogP contribution in [0.25, 0.3) is 0 Å². The molecule has 0 bridgehead atoms. The molecule has 0 atom stereocenters. The Balaban J connectivity index is 1.35. The number of anilines is 2.